The molecule has 2 aromatic heterocycles. The molecular formula is C28H24ClN5O4. The van der Waals surface area contributed by atoms with Crippen LogP contribution in [0.1, 0.15) is 42.6 Å². The number of amides is 2. The van der Waals surface area contributed by atoms with Crippen LogP contribution in [0.25, 0.3) is 27.4 Å². The number of pyridine rings is 1. The SMILES string of the molecule is [C-]#[N+]c1cc(C(C)C)c2oc(-c3ccc(C(=O)NCC4(C)CN(c5ccc(Cl)cn5)C(=O)O4)cc3)nc2c1. The maximum atomic E-state index is 12.8. The van der Waals surface area contributed by atoms with Crippen LogP contribution in [0, 0.1) is 6.57 Å². The van der Waals surface area contributed by atoms with E-state index in [9.17, 15) is 9.59 Å². The van der Waals surface area contributed by atoms with Gasteiger partial charge < -0.3 is 14.5 Å². The molecule has 2 amide bonds. The summed E-state index contributed by atoms with van der Waals surface area (Å²) in [6.45, 7) is 13.5. The van der Waals surface area contributed by atoms with E-state index in [1.54, 1.807) is 49.4 Å². The molecule has 2 aromatic carbocycles. The largest absolute Gasteiger partial charge is 0.439 e. The second-order valence-electron chi connectivity index (χ2n) is 9.67. The van der Waals surface area contributed by atoms with Crippen molar-refractivity contribution >= 4 is 46.2 Å². The fourth-order valence-electron chi connectivity index (χ4n) is 4.28. The summed E-state index contributed by atoms with van der Waals surface area (Å²) < 4.78 is 11.6. The summed E-state index contributed by atoms with van der Waals surface area (Å²) in [5.41, 5.74) is 2.95. The number of carbonyl (C=O) groups excluding carboxylic acids is 2. The Balaban J connectivity index is 1.27. The van der Waals surface area contributed by atoms with Crippen LogP contribution >= 0.6 is 11.6 Å². The van der Waals surface area contributed by atoms with Gasteiger partial charge in [-0.15, -0.1) is 0 Å². The minimum absolute atomic E-state index is 0.121. The number of cyclic esters (lactones) is 1. The van der Waals surface area contributed by atoms with Crippen LogP contribution < -0.4 is 10.2 Å². The number of oxazole rings is 1. The zero-order valence-corrected chi connectivity index (χ0v) is 21.7. The molecule has 1 unspecified atom stereocenters. The predicted molar refractivity (Wildman–Crippen MR) is 144 cm³/mol. The molecule has 10 heteroatoms. The van der Waals surface area contributed by atoms with Gasteiger partial charge in [0.1, 0.15) is 11.4 Å². The first kappa shape index (κ1) is 25.2. The lowest BCUT2D eigenvalue weighted by Crippen LogP contribution is -2.43. The van der Waals surface area contributed by atoms with Gasteiger partial charge in [-0.05, 0) is 66.9 Å². The van der Waals surface area contributed by atoms with Crippen LogP contribution in [0.4, 0.5) is 16.3 Å². The zero-order chi connectivity index (χ0) is 27.0. The fraction of sp³-hybridized carbons (Fsp3) is 0.250. The van der Waals surface area contributed by atoms with Gasteiger partial charge in [0.15, 0.2) is 11.3 Å². The highest BCUT2D eigenvalue weighted by molar-refractivity contribution is 6.30. The highest BCUT2D eigenvalue weighted by atomic mass is 35.5. The summed E-state index contributed by atoms with van der Waals surface area (Å²) in [5.74, 6) is 0.701. The highest BCUT2D eigenvalue weighted by Crippen LogP contribution is 2.34. The molecule has 1 fully saturated rings. The number of hydrogen-bond acceptors (Lipinski definition) is 6. The van der Waals surface area contributed by atoms with Crippen molar-refractivity contribution in [3.63, 3.8) is 0 Å². The molecule has 0 aliphatic carbocycles. The monoisotopic (exact) mass is 529 g/mol. The average Bonchev–Trinajstić information content (AvgIpc) is 3.47. The molecule has 3 heterocycles. The number of halogens is 1. The van der Waals surface area contributed by atoms with E-state index in [2.05, 4.69) is 20.1 Å². The van der Waals surface area contributed by atoms with Gasteiger partial charge in [0.25, 0.3) is 5.91 Å². The average molecular weight is 530 g/mol. The van der Waals surface area contributed by atoms with Crippen LogP contribution in [0.2, 0.25) is 5.02 Å². The molecule has 1 aliphatic heterocycles. The minimum atomic E-state index is -0.926. The van der Waals surface area contributed by atoms with Crippen molar-refractivity contribution in [3.8, 4) is 11.5 Å². The van der Waals surface area contributed by atoms with Gasteiger partial charge in [-0.1, -0.05) is 25.4 Å². The number of hydrogen-bond donors (Lipinski definition) is 1. The van der Waals surface area contributed by atoms with E-state index < -0.39 is 11.7 Å². The lowest BCUT2D eigenvalue weighted by atomic mass is 10.0. The molecule has 4 aromatic rings. The molecule has 1 saturated heterocycles. The molecule has 0 spiro atoms. The smallest absolute Gasteiger partial charge is 0.416 e. The first-order chi connectivity index (χ1) is 18.2. The van der Waals surface area contributed by atoms with Crippen molar-refractivity contribution in [2.24, 2.45) is 0 Å². The molecule has 5 rings (SSSR count). The van der Waals surface area contributed by atoms with E-state index in [-0.39, 0.29) is 24.9 Å². The Morgan fingerprint density at radius 3 is 2.66 bits per heavy atom. The zero-order valence-electron chi connectivity index (χ0n) is 21.0. The summed E-state index contributed by atoms with van der Waals surface area (Å²) >= 11 is 5.88. The lowest BCUT2D eigenvalue weighted by Gasteiger charge is -2.22. The Morgan fingerprint density at radius 2 is 2.00 bits per heavy atom. The van der Waals surface area contributed by atoms with Crippen molar-refractivity contribution in [1.29, 1.82) is 0 Å². The Kier molecular flexibility index (Phi) is 6.51. The van der Waals surface area contributed by atoms with Gasteiger partial charge in [-0.25, -0.2) is 19.6 Å². The van der Waals surface area contributed by atoms with E-state index in [1.807, 2.05) is 19.9 Å². The number of carbonyl (C=O) groups is 2. The van der Waals surface area contributed by atoms with E-state index in [0.29, 0.717) is 44.6 Å². The van der Waals surface area contributed by atoms with Crippen molar-refractivity contribution in [2.75, 3.05) is 18.0 Å². The molecule has 0 radical (unpaired) electrons. The van der Waals surface area contributed by atoms with Crippen LogP contribution in [-0.4, -0.2) is 40.7 Å². The van der Waals surface area contributed by atoms with Crippen LogP contribution in [0.15, 0.2) is 59.1 Å². The maximum Gasteiger partial charge on any atom is 0.416 e. The molecule has 192 valence electrons. The second-order valence-corrected chi connectivity index (χ2v) is 10.1. The van der Waals surface area contributed by atoms with Crippen molar-refractivity contribution in [2.45, 2.75) is 32.3 Å². The summed E-state index contributed by atoms with van der Waals surface area (Å²) in [6, 6.07) is 13.7. The van der Waals surface area contributed by atoms with E-state index in [1.165, 1.54) is 11.1 Å². The van der Waals surface area contributed by atoms with Gasteiger partial charge in [-0.2, -0.15) is 0 Å². The van der Waals surface area contributed by atoms with Gasteiger partial charge >= 0.3 is 6.09 Å². The van der Waals surface area contributed by atoms with E-state index >= 15 is 0 Å². The number of nitrogens with zero attached hydrogens (tertiary/aromatic N) is 4. The molecule has 0 saturated carbocycles. The number of benzene rings is 2. The Hall–Kier alpha value is -4.42. The van der Waals surface area contributed by atoms with Gasteiger partial charge in [0, 0.05) is 17.3 Å². The van der Waals surface area contributed by atoms with Crippen LogP contribution in [0.5, 0.6) is 0 Å². The van der Waals surface area contributed by atoms with Gasteiger partial charge in [-0.3, -0.25) is 9.69 Å². The van der Waals surface area contributed by atoms with Crippen LogP contribution in [0.3, 0.4) is 0 Å². The van der Waals surface area contributed by atoms with Gasteiger partial charge in [0.05, 0.1) is 30.2 Å². The van der Waals surface area contributed by atoms with Crippen LogP contribution in [-0.2, 0) is 4.74 Å². The molecule has 1 aliphatic rings. The topological polar surface area (TPSA) is 102 Å². The van der Waals surface area contributed by atoms with E-state index in [0.717, 1.165) is 5.56 Å². The summed E-state index contributed by atoms with van der Waals surface area (Å²) in [7, 11) is 0. The molecule has 0 bridgehead atoms. The number of fused-ring (bicyclic) bond motifs is 1. The Bertz CT molecular complexity index is 1570. The van der Waals surface area contributed by atoms with Crippen molar-refractivity contribution in [1.82, 2.24) is 15.3 Å². The normalized spacial score (nSPS) is 17.1. The van der Waals surface area contributed by atoms with E-state index in [4.69, 9.17) is 27.3 Å². The first-order valence-corrected chi connectivity index (χ1v) is 12.4. The van der Waals surface area contributed by atoms with Crippen molar-refractivity contribution < 1.29 is 18.7 Å². The van der Waals surface area contributed by atoms with Crippen molar-refractivity contribution in [3.05, 3.63) is 82.3 Å². The summed E-state index contributed by atoms with van der Waals surface area (Å²) in [5, 5.41) is 3.31. The molecule has 1 N–H and O–H groups in total. The summed E-state index contributed by atoms with van der Waals surface area (Å²) in [6.07, 6.45) is 0.920. The third kappa shape index (κ3) is 4.91. The minimum Gasteiger partial charge on any atom is -0.439 e. The highest BCUT2D eigenvalue weighted by Gasteiger charge is 2.43. The first-order valence-electron chi connectivity index (χ1n) is 12.0. The molecule has 9 nitrogen and oxygen atoms in total. The standard InChI is InChI=1S/C28H24ClN5O4/c1-16(2)21-11-20(30-4)12-22-24(21)37-26(33-22)18-7-5-17(6-8-18)25(35)32-14-28(3)15-34(27(36)38-28)23-10-9-19(29)13-31-23/h5-13,16H,14-15H2,1-3H3,(H,32,35). The lowest BCUT2D eigenvalue weighted by molar-refractivity contribution is 0.0653. The maximum absolute atomic E-state index is 12.8. The Morgan fingerprint density at radius 1 is 1.24 bits per heavy atom. The third-order valence-electron chi connectivity index (χ3n) is 6.31. The number of ether oxygens (including phenoxy) is 1. The molecular weight excluding hydrogens is 506 g/mol. The number of aromatic nitrogens is 2. The second kappa shape index (κ2) is 9.80. The number of nitrogens with one attached hydrogen (secondary N) is 1. The number of anilines is 1. The number of rotatable bonds is 6. The fourth-order valence-corrected chi connectivity index (χ4v) is 4.40. The predicted octanol–water partition coefficient (Wildman–Crippen LogP) is 6.36. The molecule has 1 atom stereocenters. The van der Waals surface area contributed by atoms with Gasteiger partial charge in [0.2, 0.25) is 5.89 Å². The molecule has 38 heavy (non-hydrogen) atoms. The third-order valence-corrected chi connectivity index (χ3v) is 6.53. The summed E-state index contributed by atoms with van der Waals surface area (Å²) in [4.78, 5) is 38.9. The Labute approximate surface area is 224 Å². The quantitative estimate of drug-likeness (QED) is 0.291.